The standard InChI is InChI=1S/C12H13Cl3N2O3S/c1-21(19,20)17(6-12(18)16-7-2-3-7)11-5-9(14)8(13)4-10(11)15/h4-5,7H,2-3,6H2,1H3,(H,16,18). The molecule has 0 unspecified atom stereocenters. The molecule has 1 amide bonds. The lowest BCUT2D eigenvalue weighted by atomic mass is 10.3. The molecule has 1 aromatic rings. The Labute approximate surface area is 138 Å². The summed E-state index contributed by atoms with van der Waals surface area (Å²) in [5, 5.41) is 3.20. The van der Waals surface area contributed by atoms with Gasteiger partial charge in [0.2, 0.25) is 15.9 Å². The van der Waals surface area contributed by atoms with E-state index in [2.05, 4.69) is 5.32 Å². The van der Waals surface area contributed by atoms with Gasteiger partial charge in [0.1, 0.15) is 6.54 Å². The number of hydrogen-bond donors (Lipinski definition) is 1. The summed E-state index contributed by atoms with van der Waals surface area (Å²) in [5.74, 6) is -0.384. The minimum atomic E-state index is -3.69. The highest BCUT2D eigenvalue weighted by Crippen LogP contribution is 2.35. The maximum absolute atomic E-state index is 11.9. The lowest BCUT2D eigenvalue weighted by Gasteiger charge is -2.23. The van der Waals surface area contributed by atoms with Crippen LogP contribution in [0.2, 0.25) is 15.1 Å². The van der Waals surface area contributed by atoms with Crippen molar-refractivity contribution in [2.75, 3.05) is 17.1 Å². The molecule has 1 aliphatic rings. The molecule has 0 bridgehead atoms. The summed E-state index contributed by atoms with van der Waals surface area (Å²) in [5.41, 5.74) is 0.125. The summed E-state index contributed by atoms with van der Waals surface area (Å²) in [4.78, 5) is 11.9. The monoisotopic (exact) mass is 370 g/mol. The number of nitrogens with zero attached hydrogens (tertiary/aromatic N) is 1. The molecule has 1 saturated carbocycles. The van der Waals surface area contributed by atoms with Gasteiger partial charge >= 0.3 is 0 Å². The van der Waals surface area contributed by atoms with Gasteiger partial charge in [0.25, 0.3) is 0 Å². The fourth-order valence-electron chi connectivity index (χ4n) is 1.72. The first-order chi connectivity index (χ1) is 9.68. The second-order valence-electron chi connectivity index (χ2n) is 4.83. The van der Waals surface area contributed by atoms with Gasteiger partial charge < -0.3 is 5.32 Å². The van der Waals surface area contributed by atoms with E-state index in [1.54, 1.807) is 0 Å². The van der Waals surface area contributed by atoms with Gasteiger partial charge in [-0.3, -0.25) is 9.10 Å². The predicted molar refractivity (Wildman–Crippen MR) is 84.8 cm³/mol. The molecule has 1 aliphatic carbocycles. The van der Waals surface area contributed by atoms with Crippen LogP contribution in [0.3, 0.4) is 0 Å². The van der Waals surface area contributed by atoms with Crippen molar-refractivity contribution in [1.29, 1.82) is 0 Å². The number of hydrogen-bond acceptors (Lipinski definition) is 3. The normalized spacial score (nSPS) is 14.9. The molecule has 1 aromatic carbocycles. The molecular weight excluding hydrogens is 359 g/mol. The summed E-state index contributed by atoms with van der Waals surface area (Å²) < 4.78 is 24.8. The first-order valence-corrected chi connectivity index (χ1v) is 9.08. The van der Waals surface area contributed by atoms with E-state index >= 15 is 0 Å². The largest absolute Gasteiger partial charge is 0.352 e. The average Bonchev–Trinajstić information content (AvgIpc) is 3.14. The number of sulfonamides is 1. The van der Waals surface area contributed by atoms with Gasteiger partial charge in [-0.25, -0.2) is 8.42 Å². The van der Waals surface area contributed by atoms with E-state index in [1.807, 2.05) is 0 Å². The van der Waals surface area contributed by atoms with Crippen LogP contribution in [0.15, 0.2) is 12.1 Å². The Bertz CT molecular complexity index is 675. The van der Waals surface area contributed by atoms with Crippen LogP contribution in [-0.2, 0) is 14.8 Å². The minimum Gasteiger partial charge on any atom is -0.352 e. The third kappa shape index (κ3) is 4.39. The van der Waals surface area contributed by atoms with E-state index in [1.165, 1.54) is 12.1 Å². The molecule has 1 fully saturated rings. The van der Waals surface area contributed by atoms with Crippen molar-refractivity contribution in [3.63, 3.8) is 0 Å². The van der Waals surface area contributed by atoms with Gasteiger partial charge in [0, 0.05) is 6.04 Å². The molecule has 21 heavy (non-hydrogen) atoms. The molecular formula is C12H13Cl3N2O3S. The zero-order chi connectivity index (χ0) is 15.8. The number of nitrogens with one attached hydrogen (secondary N) is 1. The fourth-order valence-corrected chi connectivity index (χ4v) is 3.27. The zero-order valence-electron chi connectivity index (χ0n) is 11.1. The number of carbonyl (C=O) groups is 1. The smallest absolute Gasteiger partial charge is 0.240 e. The summed E-state index contributed by atoms with van der Waals surface area (Å²) in [7, 11) is -3.69. The Hall–Kier alpha value is -0.690. The molecule has 0 heterocycles. The van der Waals surface area contributed by atoms with E-state index in [0.29, 0.717) is 0 Å². The van der Waals surface area contributed by atoms with Crippen molar-refractivity contribution < 1.29 is 13.2 Å². The van der Waals surface area contributed by atoms with Gasteiger partial charge in [0.15, 0.2) is 0 Å². The molecule has 1 N–H and O–H groups in total. The minimum absolute atomic E-state index is 0.106. The summed E-state index contributed by atoms with van der Waals surface area (Å²) in [6.45, 7) is -0.354. The van der Waals surface area contributed by atoms with E-state index < -0.39 is 10.0 Å². The van der Waals surface area contributed by atoms with Crippen LogP contribution in [0.5, 0.6) is 0 Å². The first-order valence-electron chi connectivity index (χ1n) is 6.10. The molecule has 0 aliphatic heterocycles. The molecule has 0 radical (unpaired) electrons. The second kappa shape index (κ2) is 6.20. The van der Waals surface area contributed by atoms with Crippen molar-refractivity contribution >= 4 is 56.4 Å². The maximum Gasteiger partial charge on any atom is 0.240 e. The summed E-state index contributed by atoms with van der Waals surface area (Å²) >= 11 is 17.7. The molecule has 9 heteroatoms. The van der Waals surface area contributed by atoms with Crippen LogP contribution >= 0.6 is 34.8 Å². The number of carbonyl (C=O) groups excluding carboxylic acids is 1. The Morgan fingerprint density at radius 3 is 2.33 bits per heavy atom. The van der Waals surface area contributed by atoms with Crippen LogP contribution in [0, 0.1) is 0 Å². The highest BCUT2D eigenvalue weighted by Gasteiger charge is 2.28. The summed E-state index contributed by atoms with van der Waals surface area (Å²) in [6, 6.07) is 2.82. The number of halogens is 3. The third-order valence-electron chi connectivity index (χ3n) is 2.89. The lowest BCUT2D eigenvalue weighted by Crippen LogP contribution is -2.41. The van der Waals surface area contributed by atoms with E-state index in [9.17, 15) is 13.2 Å². The number of amides is 1. The van der Waals surface area contributed by atoms with Crippen molar-refractivity contribution in [3.8, 4) is 0 Å². The Balaban J connectivity index is 2.31. The van der Waals surface area contributed by atoms with Crippen LogP contribution in [0.25, 0.3) is 0 Å². The van der Waals surface area contributed by atoms with Gasteiger partial charge in [-0.15, -0.1) is 0 Å². The van der Waals surface area contributed by atoms with Crippen molar-refractivity contribution in [2.24, 2.45) is 0 Å². The topological polar surface area (TPSA) is 66.5 Å². The van der Waals surface area contributed by atoms with Crippen molar-refractivity contribution in [1.82, 2.24) is 5.32 Å². The lowest BCUT2D eigenvalue weighted by molar-refractivity contribution is -0.119. The molecule has 0 saturated heterocycles. The number of rotatable bonds is 5. The third-order valence-corrected chi connectivity index (χ3v) is 5.04. The summed E-state index contributed by atoms with van der Waals surface area (Å²) in [6.07, 6.45) is 2.83. The Kier molecular flexibility index (Phi) is 4.92. The fraction of sp³-hybridized carbons (Fsp3) is 0.417. The van der Waals surface area contributed by atoms with Crippen LogP contribution in [0.1, 0.15) is 12.8 Å². The van der Waals surface area contributed by atoms with E-state index in [-0.39, 0.29) is 39.2 Å². The van der Waals surface area contributed by atoms with E-state index in [0.717, 1.165) is 23.4 Å². The average molecular weight is 372 g/mol. The second-order valence-corrected chi connectivity index (χ2v) is 7.96. The maximum atomic E-state index is 11.9. The molecule has 2 rings (SSSR count). The van der Waals surface area contributed by atoms with Crippen LogP contribution < -0.4 is 9.62 Å². The highest BCUT2D eigenvalue weighted by molar-refractivity contribution is 7.92. The number of anilines is 1. The van der Waals surface area contributed by atoms with E-state index in [4.69, 9.17) is 34.8 Å². The quantitative estimate of drug-likeness (QED) is 0.809. The van der Waals surface area contributed by atoms with Crippen LogP contribution in [0.4, 0.5) is 5.69 Å². The number of benzene rings is 1. The van der Waals surface area contributed by atoms with Gasteiger partial charge in [0.05, 0.1) is 27.0 Å². The zero-order valence-corrected chi connectivity index (χ0v) is 14.2. The van der Waals surface area contributed by atoms with Gasteiger partial charge in [-0.05, 0) is 25.0 Å². The molecule has 0 aromatic heterocycles. The first kappa shape index (κ1) is 16.7. The van der Waals surface area contributed by atoms with Crippen molar-refractivity contribution in [2.45, 2.75) is 18.9 Å². The molecule has 116 valence electrons. The Morgan fingerprint density at radius 1 is 1.24 bits per heavy atom. The predicted octanol–water partition coefficient (Wildman–Crippen LogP) is 2.69. The SMILES string of the molecule is CS(=O)(=O)N(CC(=O)NC1CC1)c1cc(Cl)c(Cl)cc1Cl. The van der Waals surface area contributed by atoms with Gasteiger partial charge in [-0.1, -0.05) is 34.8 Å². The molecule has 0 spiro atoms. The van der Waals surface area contributed by atoms with Crippen molar-refractivity contribution in [3.05, 3.63) is 27.2 Å². The van der Waals surface area contributed by atoms with Crippen LogP contribution in [-0.4, -0.2) is 33.2 Å². The highest BCUT2D eigenvalue weighted by atomic mass is 35.5. The van der Waals surface area contributed by atoms with Gasteiger partial charge in [-0.2, -0.15) is 0 Å². The Morgan fingerprint density at radius 2 is 1.81 bits per heavy atom. The molecule has 0 atom stereocenters. The molecule has 5 nitrogen and oxygen atoms in total.